The summed E-state index contributed by atoms with van der Waals surface area (Å²) in [7, 11) is 0. The third-order valence-corrected chi connectivity index (χ3v) is 3.02. The van der Waals surface area contributed by atoms with Crippen LogP contribution in [0.2, 0.25) is 0 Å². The van der Waals surface area contributed by atoms with E-state index in [0.717, 1.165) is 5.56 Å². The molecule has 0 aromatic carbocycles. The summed E-state index contributed by atoms with van der Waals surface area (Å²) in [5.74, 6) is 0. The summed E-state index contributed by atoms with van der Waals surface area (Å²) in [6, 6.07) is 3.78. The van der Waals surface area contributed by atoms with Gasteiger partial charge in [0.05, 0.1) is 12.9 Å². The molecule has 0 aliphatic carbocycles. The maximum Gasteiger partial charge on any atom is 0.109 e. The second-order valence-corrected chi connectivity index (χ2v) is 6.25. The molecule has 0 spiro atoms. The van der Waals surface area contributed by atoms with E-state index in [0.29, 0.717) is 13.0 Å². The van der Waals surface area contributed by atoms with Crippen molar-refractivity contribution in [2.24, 2.45) is 5.41 Å². The van der Waals surface area contributed by atoms with Crippen molar-refractivity contribution in [3.8, 4) is 0 Å². The fraction of sp³-hybridized carbons (Fsp3) is 0.467. The first-order valence-electron chi connectivity index (χ1n) is 6.48. The predicted octanol–water partition coefficient (Wildman–Crippen LogP) is 2.60. The lowest BCUT2D eigenvalue weighted by Crippen LogP contribution is -2.35. The van der Waals surface area contributed by atoms with Gasteiger partial charge in [0.15, 0.2) is 0 Å². The lowest BCUT2D eigenvalue weighted by molar-refractivity contribution is -0.0190. The van der Waals surface area contributed by atoms with Gasteiger partial charge in [-0.25, -0.2) is 4.98 Å². The van der Waals surface area contributed by atoms with Gasteiger partial charge in [-0.05, 0) is 17.9 Å². The van der Waals surface area contributed by atoms with Crippen LogP contribution in [0, 0.1) is 5.41 Å². The van der Waals surface area contributed by atoms with Crippen molar-refractivity contribution in [1.29, 1.82) is 0 Å². The van der Waals surface area contributed by atoms with Crippen LogP contribution in [0.5, 0.6) is 0 Å². The van der Waals surface area contributed by atoms with Crippen molar-refractivity contribution >= 4 is 0 Å². The van der Waals surface area contributed by atoms with E-state index in [1.165, 1.54) is 0 Å². The van der Waals surface area contributed by atoms with Gasteiger partial charge in [0, 0.05) is 30.4 Å². The van der Waals surface area contributed by atoms with E-state index in [1.54, 1.807) is 24.9 Å². The Balaban J connectivity index is 2.32. The highest BCUT2D eigenvalue weighted by Crippen LogP contribution is 2.35. The molecule has 0 aliphatic heterocycles. The molecule has 1 atom stereocenters. The summed E-state index contributed by atoms with van der Waals surface area (Å²) in [4.78, 5) is 8.16. The Bertz CT molecular complexity index is 502. The maximum absolute atomic E-state index is 11.1. The molecule has 0 saturated heterocycles. The highest BCUT2D eigenvalue weighted by molar-refractivity contribution is 5.18. The zero-order valence-electron chi connectivity index (χ0n) is 11.7. The topological polar surface area (TPSA) is 50.9 Å². The summed E-state index contributed by atoms with van der Waals surface area (Å²) in [5.41, 5.74) is -0.0723. The lowest BCUT2D eigenvalue weighted by atomic mass is 9.78. The van der Waals surface area contributed by atoms with Crippen molar-refractivity contribution in [3.63, 3.8) is 0 Å². The molecule has 0 fully saturated rings. The Morgan fingerprint density at radius 3 is 2.53 bits per heavy atom. The molecular formula is C15H21N3O. The number of hydrogen-bond donors (Lipinski definition) is 1. The van der Waals surface area contributed by atoms with Gasteiger partial charge in [0.1, 0.15) is 5.60 Å². The van der Waals surface area contributed by atoms with Crippen molar-refractivity contribution < 1.29 is 5.11 Å². The van der Waals surface area contributed by atoms with Crippen LogP contribution in [0.1, 0.15) is 32.8 Å². The van der Waals surface area contributed by atoms with Crippen molar-refractivity contribution in [1.82, 2.24) is 14.5 Å². The summed E-state index contributed by atoms with van der Waals surface area (Å²) in [6.45, 7) is 6.86. The first kappa shape index (κ1) is 13.7. The Hall–Kier alpha value is -1.68. The Morgan fingerprint density at radius 2 is 2.00 bits per heavy atom. The minimum atomic E-state index is -0.937. The van der Waals surface area contributed by atoms with Crippen LogP contribution in [0.25, 0.3) is 0 Å². The van der Waals surface area contributed by atoms with Gasteiger partial charge in [-0.1, -0.05) is 26.8 Å². The highest BCUT2D eigenvalue weighted by Gasteiger charge is 2.34. The van der Waals surface area contributed by atoms with Gasteiger partial charge in [-0.15, -0.1) is 0 Å². The minimum Gasteiger partial charge on any atom is -0.383 e. The van der Waals surface area contributed by atoms with Crippen LogP contribution in [0.15, 0.2) is 43.2 Å². The summed E-state index contributed by atoms with van der Waals surface area (Å²) >= 11 is 0. The second-order valence-electron chi connectivity index (χ2n) is 6.25. The third-order valence-electron chi connectivity index (χ3n) is 3.02. The molecule has 4 heteroatoms. The largest absolute Gasteiger partial charge is 0.383 e. The standard InChI is InChI=1S/C15H21N3O/c1-14(2,3)10-15(19,11-18-8-7-17-12-18)13-5-4-6-16-9-13/h4-9,12,19H,10-11H2,1-3H3. The molecule has 2 aromatic heterocycles. The highest BCUT2D eigenvalue weighted by atomic mass is 16.3. The van der Waals surface area contributed by atoms with Crippen LogP contribution in [0.4, 0.5) is 0 Å². The third kappa shape index (κ3) is 3.64. The van der Waals surface area contributed by atoms with E-state index in [1.807, 2.05) is 22.9 Å². The predicted molar refractivity (Wildman–Crippen MR) is 74.4 cm³/mol. The van der Waals surface area contributed by atoms with Gasteiger partial charge in [0.25, 0.3) is 0 Å². The van der Waals surface area contributed by atoms with Crippen LogP contribution in [0.3, 0.4) is 0 Å². The van der Waals surface area contributed by atoms with E-state index < -0.39 is 5.60 Å². The number of aromatic nitrogens is 3. The number of rotatable bonds is 4. The monoisotopic (exact) mass is 259 g/mol. The summed E-state index contributed by atoms with van der Waals surface area (Å²) in [6.07, 6.45) is 9.43. The molecule has 0 aliphatic rings. The molecule has 0 saturated carbocycles. The van der Waals surface area contributed by atoms with Crippen LogP contribution < -0.4 is 0 Å². The molecule has 19 heavy (non-hydrogen) atoms. The van der Waals surface area contributed by atoms with Crippen molar-refractivity contribution in [2.75, 3.05) is 0 Å². The number of aliphatic hydroxyl groups is 1. The first-order chi connectivity index (χ1) is 8.89. The normalized spacial score (nSPS) is 15.2. The van der Waals surface area contributed by atoms with E-state index in [4.69, 9.17) is 0 Å². The average Bonchev–Trinajstić information content (AvgIpc) is 2.80. The number of hydrogen-bond acceptors (Lipinski definition) is 3. The van der Waals surface area contributed by atoms with Gasteiger partial charge in [-0.2, -0.15) is 0 Å². The van der Waals surface area contributed by atoms with Gasteiger partial charge >= 0.3 is 0 Å². The quantitative estimate of drug-likeness (QED) is 0.918. The first-order valence-corrected chi connectivity index (χ1v) is 6.48. The Morgan fingerprint density at radius 1 is 1.21 bits per heavy atom. The van der Waals surface area contributed by atoms with Crippen LogP contribution in [-0.2, 0) is 12.1 Å². The van der Waals surface area contributed by atoms with E-state index in [2.05, 4.69) is 30.7 Å². The van der Waals surface area contributed by atoms with Gasteiger partial charge in [-0.3, -0.25) is 4.98 Å². The van der Waals surface area contributed by atoms with E-state index in [9.17, 15) is 5.11 Å². The van der Waals surface area contributed by atoms with Crippen LogP contribution >= 0.6 is 0 Å². The fourth-order valence-corrected chi connectivity index (χ4v) is 2.45. The number of imidazole rings is 1. The van der Waals surface area contributed by atoms with E-state index in [-0.39, 0.29) is 5.41 Å². The SMILES string of the molecule is CC(C)(C)CC(O)(Cn1ccnc1)c1cccnc1. The molecule has 2 heterocycles. The molecule has 0 radical (unpaired) electrons. The molecule has 0 amide bonds. The zero-order valence-corrected chi connectivity index (χ0v) is 11.7. The molecule has 102 valence electrons. The number of pyridine rings is 1. The fourth-order valence-electron chi connectivity index (χ4n) is 2.45. The van der Waals surface area contributed by atoms with Crippen LogP contribution in [-0.4, -0.2) is 19.6 Å². The molecule has 4 nitrogen and oxygen atoms in total. The molecule has 2 aromatic rings. The number of nitrogens with zero attached hydrogens (tertiary/aromatic N) is 3. The molecule has 0 bridgehead atoms. The van der Waals surface area contributed by atoms with Crippen molar-refractivity contribution in [3.05, 3.63) is 48.8 Å². The molecule has 1 N–H and O–H groups in total. The zero-order chi connectivity index (χ0) is 13.9. The Labute approximate surface area is 114 Å². The molecular weight excluding hydrogens is 238 g/mol. The maximum atomic E-state index is 11.1. The van der Waals surface area contributed by atoms with Gasteiger partial charge < -0.3 is 9.67 Å². The van der Waals surface area contributed by atoms with Gasteiger partial charge in [0.2, 0.25) is 0 Å². The molecule has 1 unspecified atom stereocenters. The van der Waals surface area contributed by atoms with E-state index >= 15 is 0 Å². The summed E-state index contributed by atoms with van der Waals surface area (Å²) < 4.78 is 1.90. The average molecular weight is 259 g/mol. The second kappa shape index (κ2) is 5.13. The summed E-state index contributed by atoms with van der Waals surface area (Å²) in [5, 5.41) is 11.1. The Kier molecular flexibility index (Phi) is 3.71. The smallest absolute Gasteiger partial charge is 0.109 e. The lowest BCUT2D eigenvalue weighted by Gasteiger charge is -2.34. The minimum absolute atomic E-state index is 0.0190. The van der Waals surface area contributed by atoms with Crippen molar-refractivity contribution in [2.45, 2.75) is 39.3 Å². The molecule has 2 rings (SSSR count).